The predicted molar refractivity (Wildman–Crippen MR) is 98.4 cm³/mol. The molecule has 0 bridgehead atoms. The number of aryl methyl sites for hydroxylation is 1. The van der Waals surface area contributed by atoms with Gasteiger partial charge in [0.1, 0.15) is 5.75 Å². The minimum absolute atomic E-state index is 0.356. The molecule has 0 saturated carbocycles. The predicted octanol–water partition coefficient (Wildman–Crippen LogP) is 4.67. The Morgan fingerprint density at radius 3 is 2.17 bits per heavy atom. The van der Waals surface area contributed by atoms with Gasteiger partial charge in [0.15, 0.2) is 0 Å². The lowest BCUT2D eigenvalue weighted by atomic mass is 9.89. The Balaban J connectivity index is 2.18. The first kappa shape index (κ1) is 17.6. The van der Waals surface area contributed by atoms with Crippen LogP contribution in [0.5, 0.6) is 5.75 Å². The van der Waals surface area contributed by atoms with Crippen molar-refractivity contribution in [1.82, 2.24) is 0 Å². The van der Waals surface area contributed by atoms with Crippen LogP contribution >= 0.6 is 0 Å². The molecule has 0 heterocycles. The minimum atomic E-state index is 0.356. The number of benzene rings is 2. The van der Waals surface area contributed by atoms with Crippen molar-refractivity contribution in [2.45, 2.75) is 45.4 Å². The van der Waals surface area contributed by atoms with Crippen LogP contribution in [0.3, 0.4) is 0 Å². The summed E-state index contributed by atoms with van der Waals surface area (Å²) in [5.74, 6) is 1.89. The highest BCUT2D eigenvalue weighted by atomic mass is 16.5. The Hall–Kier alpha value is -1.80. The van der Waals surface area contributed by atoms with Crippen molar-refractivity contribution in [3.05, 3.63) is 64.7 Å². The smallest absolute Gasteiger partial charge is 0.122 e. The molecule has 2 rings (SSSR count). The second-order valence-corrected chi connectivity index (χ2v) is 6.46. The van der Waals surface area contributed by atoms with Crippen molar-refractivity contribution in [2.24, 2.45) is 5.73 Å². The lowest BCUT2D eigenvalue weighted by molar-refractivity contribution is 0.410. The molecule has 2 aromatic carbocycles. The molecule has 1 atom stereocenters. The van der Waals surface area contributed by atoms with E-state index in [0.717, 1.165) is 18.6 Å². The van der Waals surface area contributed by atoms with Crippen LogP contribution in [0.4, 0.5) is 0 Å². The van der Waals surface area contributed by atoms with Crippen LogP contribution in [-0.4, -0.2) is 13.7 Å². The van der Waals surface area contributed by atoms with Gasteiger partial charge < -0.3 is 10.5 Å². The molecule has 124 valence electrons. The average Bonchev–Trinajstić information content (AvgIpc) is 2.59. The van der Waals surface area contributed by atoms with Gasteiger partial charge in [0, 0.05) is 5.92 Å². The van der Waals surface area contributed by atoms with Gasteiger partial charge in [0.05, 0.1) is 7.11 Å². The molecule has 1 unspecified atom stereocenters. The maximum Gasteiger partial charge on any atom is 0.122 e. The van der Waals surface area contributed by atoms with Gasteiger partial charge >= 0.3 is 0 Å². The maximum absolute atomic E-state index is 6.05. The summed E-state index contributed by atoms with van der Waals surface area (Å²) in [6.45, 7) is 7.26. The molecule has 2 aromatic rings. The lowest BCUT2D eigenvalue weighted by Gasteiger charge is -2.18. The highest BCUT2D eigenvalue weighted by Gasteiger charge is 2.12. The van der Waals surface area contributed by atoms with Crippen LogP contribution in [0.2, 0.25) is 0 Å². The van der Waals surface area contributed by atoms with Crippen molar-refractivity contribution in [1.29, 1.82) is 0 Å². The molecule has 0 aliphatic rings. The monoisotopic (exact) mass is 311 g/mol. The van der Waals surface area contributed by atoms with Crippen LogP contribution in [0, 0.1) is 0 Å². The fraction of sp³-hybridized carbons (Fsp3) is 0.429. The Morgan fingerprint density at radius 1 is 1.00 bits per heavy atom. The Bertz CT molecular complexity index is 616. The van der Waals surface area contributed by atoms with Gasteiger partial charge in [-0.1, -0.05) is 57.2 Å². The van der Waals surface area contributed by atoms with E-state index in [-0.39, 0.29) is 0 Å². The normalized spacial score (nSPS) is 12.4. The molecule has 2 heteroatoms. The molecule has 2 nitrogen and oxygen atoms in total. The zero-order valence-corrected chi connectivity index (χ0v) is 14.8. The van der Waals surface area contributed by atoms with E-state index in [1.165, 1.54) is 22.3 Å². The van der Waals surface area contributed by atoms with Crippen molar-refractivity contribution in [3.8, 4) is 5.75 Å². The van der Waals surface area contributed by atoms with E-state index in [2.05, 4.69) is 63.2 Å². The average molecular weight is 311 g/mol. The molecule has 23 heavy (non-hydrogen) atoms. The van der Waals surface area contributed by atoms with Crippen molar-refractivity contribution >= 4 is 0 Å². The van der Waals surface area contributed by atoms with Crippen LogP contribution < -0.4 is 10.5 Å². The van der Waals surface area contributed by atoms with Crippen molar-refractivity contribution in [2.75, 3.05) is 13.7 Å². The zero-order chi connectivity index (χ0) is 16.8. The third kappa shape index (κ3) is 4.35. The summed E-state index contributed by atoms with van der Waals surface area (Å²) < 4.78 is 5.42. The summed E-state index contributed by atoms with van der Waals surface area (Å²) in [5, 5.41) is 0. The Labute approximate surface area is 140 Å². The molecule has 2 N–H and O–H groups in total. The Kier molecular flexibility index (Phi) is 6.23. The number of hydrogen-bond acceptors (Lipinski definition) is 2. The van der Waals surface area contributed by atoms with E-state index in [1.807, 2.05) is 0 Å². The van der Waals surface area contributed by atoms with Gasteiger partial charge in [0.2, 0.25) is 0 Å². The number of ether oxygens (including phenoxy) is 1. The van der Waals surface area contributed by atoms with Gasteiger partial charge in [-0.25, -0.2) is 0 Å². The summed E-state index contributed by atoms with van der Waals surface area (Å²) in [4.78, 5) is 0. The molecular weight excluding hydrogens is 282 g/mol. The number of nitrogens with two attached hydrogens (primary N) is 1. The van der Waals surface area contributed by atoms with E-state index < -0.39 is 0 Å². The standard InChI is InChI=1S/C21H29NO/c1-5-17-12-16(6-11-21(17)23-4)13-20(14-22)19-9-7-18(8-10-19)15(2)3/h6-12,15,20H,5,13-14,22H2,1-4H3. The third-order valence-electron chi connectivity index (χ3n) is 4.57. The summed E-state index contributed by atoms with van der Waals surface area (Å²) >= 11 is 0. The van der Waals surface area contributed by atoms with Gasteiger partial charge in [0.25, 0.3) is 0 Å². The molecule has 0 spiro atoms. The maximum atomic E-state index is 6.05. The largest absolute Gasteiger partial charge is 0.496 e. The van der Waals surface area contributed by atoms with Gasteiger partial charge in [-0.3, -0.25) is 0 Å². The first-order valence-corrected chi connectivity index (χ1v) is 8.54. The fourth-order valence-electron chi connectivity index (χ4n) is 3.01. The van der Waals surface area contributed by atoms with Gasteiger partial charge in [-0.05, 0) is 53.6 Å². The van der Waals surface area contributed by atoms with Crippen LogP contribution in [0.15, 0.2) is 42.5 Å². The quantitative estimate of drug-likeness (QED) is 0.806. The third-order valence-corrected chi connectivity index (χ3v) is 4.57. The first-order chi connectivity index (χ1) is 11.1. The second kappa shape index (κ2) is 8.16. The van der Waals surface area contributed by atoms with E-state index in [1.54, 1.807) is 7.11 Å². The first-order valence-electron chi connectivity index (χ1n) is 8.54. The SMILES string of the molecule is CCc1cc(CC(CN)c2ccc(C(C)C)cc2)ccc1OC. The summed E-state index contributed by atoms with van der Waals surface area (Å²) in [7, 11) is 1.73. The van der Waals surface area contributed by atoms with E-state index in [4.69, 9.17) is 10.5 Å². The molecule has 0 saturated heterocycles. The fourth-order valence-corrected chi connectivity index (χ4v) is 3.01. The van der Waals surface area contributed by atoms with Crippen molar-refractivity contribution in [3.63, 3.8) is 0 Å². The van der Waals surface area contributed by atoms with Crippen LogP contribution in [-0.2, 0) is 12.8 Å². The number of hydrogen-bond donors (Lipinski definition) is 1. The molecule has 0 amide bonds. The molecule has 0 aliphatic carbocycles. The molecule has 0 aliphatic heterocycles. The lowest BCUT2D eigenvalue weighted by Crippen LogP contribution is -2.15. The molecule has 0 radical (unpaired) electrons. The summed E-state index contributed by atoms with van der Waals surface area (Å²) in [6.07, 6.45) is 1.95. The summed E-state index contributed by atoms with van der Waals surface area (Å²) in [6, 6.07) is 15.4. The number of rotatable bonds is 7. The van der Waals surface area contributed by atoms with Crippen molar-refractivity contribution < 1.29 is 4.74 Å². The topological polar surface area (TPSA) is 35.2 Å². The highest BCUT2D eigenvalue weighted by Crippen LogP contribution is 2.26. The highest BCUT2D eigenvalue weighted by molar-refractivity contribution is 5.38. The number of methoxy groups -OCH3 is 1. The zero-order valence-electron chi connectivity index (χ0n) is 14.8. The van der Waals surface area contributed by atoms with Gasteiger partial charge in [-0.15, -0.1) is 0 Å². The molecular formula is C21H29NO. The van der Waals surface area contributed by atoms with Crippen LogP contribution in [0.1, 0.15) is 54.9 Å². The minimum Gasteiger partial charge on any atom is -0.496 e. The van der Waals surface area contributed by atoms with Gasteiger partial charge in [-0.2, -0.15) is 0 Å². The van der Waals surface area contributed by atoms with E-state index >= 15 is 0 Å². The second-order valence-electron chi connectivity index (χ2n) is 6.46. The van der Waals surface area contributed by atoms with Crippen LogP contribution in [0.25, 0.3) is 0 Å². The molecule has 0 aromatic heterocycles. The van der Waals surface area contributed by atoms with E-state index in [0.29, 0.717) is 18.4 Å². The molecule has 0 fully saturated rings. The van der Waals surface area contributed by atoms with E-state index in [9.17, 15) is 0 Å². The Morgan fingerprint density at radius 2 is 1.65 bits per heavy atom. The summed E-state index contributed by atoms with van der Waals surface area (Å²) in [5.41, 5.74) is 11.3.